The fraction of sp³-hybridized carbons (Fsp3) is 0.857. The lowest BCUT2D eigenvalue weighted by Gasteiger charge is -2.10. The van der Waals surface area contributed by atoms with Crippen LogP contribution < -0.4 is 5.48 Å². The zero-order chi connectivity index (χ0) is 8.69. The van der Waals surface area contributed by atoms with Crippen molar-refractivity contribution in [3.8, 4) is 0 Å². The molecular weight excluding hydrogens is 146 g/mol. The lowest BCUT2D eigenvalue weighted by molar-refractivity contribution is -0.140. The Labute approximate surface area is 66.5 Å². The third kappa shape index (κ3) is 4.75. The Balaban J connectivity index is 3.42. The molecule has 0 radical (unpaired) electrons. The molecule has 4 heteroatoms. The van der Waals surface area contributed by atoms with Gasteiger partial charge in [0.25, 0.3) is 0 Å². The molecule has 0 fully saturated rings. The summed E-state index contributed by atoms with van der Waals surface area (Å²) in [4.78, 5) is 10.6. The number of ether oxygens (including phenoxy) is 1. The van der Waals surface area contributed by atoms with E-state index in [-0.39, 0.29) is 12.0 Å². The zero-order valence-electron chi connectivity index (χ0n) is 6.96. The van der Waals surface area contributed by atoms with E-state index in [2.05, 4.69) is 10.2 Å². The first-order valence-corrected chi connectivity index (χ1v) is 3.71. The van der Waals surface area contributed by atoms with Crippen LogP contribution in [-0.4, -0.2) is 24.3 Å². The number of methoxy groups -OCH3 is 1. The highest BCUT2D eigenvalue weighted by Gasteiger charge is 2.07. The summed E-state index contributed by atoms with van der Waals surface area (Å²) in [5, 5.41) is 8.51. The number of rotatable bonds is 5. The van der Waals surface area contributed by atoms with Gasteiger partial charge in [0.15, 0.2) is 0 Å². The second-order valence-corrected chi connectivity index (χ2v) is 2.35. The van der Waals surface area contributed by atoms with Crippen molar-refractivity contribution in [1.29, 1.82) is 0 Å². The average Bonchev–Trinajstić information content (AvgIpc) is 2.06. The van der Waals surface area contributed by atoms with Crippen molar-refractivity contribution in [2.45, 2.75) is 32.2 Å². The van der Waals surface area contributed by atoms with Gasteiger partial charge < -0.3 is 9.94 Å². The molecule has 66 valence electrons. The SMILES string of the molecule is CC[C@H](CCC(=O)OC)NO. The van der Waals surface area contributed by atoms with E-state index in [1.165, 1.54) is 7.11 Å². The predicted molar refractivity (Wildman–Crippen MR) is 40.3 cm³/mol. The molecule has 0 aromatic rings. The molecule has 0 saturated carbocycles. The second kappa shape index (κ2) is 6.12. The van der Waals surface area contributed by atoms with Gasteiger partial charge in [0.05, 0.1) is 7.11 Å². The maximum atomic E-state index is 10.6. The molecule has 0 spiro atoms. The van der Waals surface area contributed by atoms with Crippen LogP contribution in [0.5, 0.6) is 0 Å². The van der Waals surface area contributed by atoms with Crippen molar-refractivity contribution in [1.82, 2.24) is 5.48 Å². The maximum Gasteiger partial charge on any atom is 0.305 e. The number of hydroxylamine groups is 1. The second-order valence-electron chi connectivity index (χ2n) is 2.35. The van der Waals surface area contributed by atoms with Gasteiger partial charge >= 0.3 is 5.97 Å². The first-order chi connectivity index (χ1) is 5.24. The molecule has 0 aliphatic heterocycles. The summed E-state index contributed by atoms with van der Waals surface area (Å²) in [6, 6.07) is -0.00546. The Morgan fingerprint density at radius 1 is 1.73 bits per heavy atom. The van der Waals surface area contributed by atoms with Crippen molar-refractivity contribution < 1.29 is 14.7 Å². The van der Waals surface area contributed by atoms with Crippen LogP contribution in [-0.2, 0) is 9.53 Å². The lowest BCUT2D eigenvalue weighted by atomic mass is 10.1. The quantitative estimate of drug-likeness (QED) is 0.460. The van der Waals surface area contributed by atoms with Gasteiger partial charge in [0, 0.05) is 12.5 Å². The number of nitrogens with one attached hydrogen (secondary N) is 1. The van der Waals surface area contributed by atoms with Gasteiger partial charge in [-0.15, -0.1) is 0 Å². The van der Waals surface area contributed by atoms with Crippen LogP contribution in [0, 0.1) is 0 Å². The third-order valence-corrected chi connectivity index (χ3v) is 1.60. The molecule has 4 nitrogen and oxygen atoms in total. The number of carbonyl (C=O) groups excluding carboxylic acids is 1. The Morgan fingerprint density at radius 3 is 2.73 bits per heavy atom. The van der Waals surface area contributed by atoms with E-state index in [0.717, 1.165) is 6.42 Å². The van der Waals surface area contributed by atoms with Crippen molar-refractivity contribution in [3.05, 3.63) is 0 Å². The largest absolute Gasteiger partial charge is 0.469 e. The van der Waals surface area contributed by atoms with Crippen LogP contribution in [0.3, 0.4) is 0 Å². The topological polar surface area (TPSA) is 58.6 Å². The van der Waals surface area contributed by atoms with Crippen molar-refractivity contribution in [2.75, 3.05) is 7.11 Å². The van der Waals surface area contributed by atoms with Crippen molar-refractivity contribution in [2.24, 2.45) is 0 Å². The highest BCUT2D eigenvalue weighted by Crippen LogP contribution is 2.01. The molecule has 11 heavy (non-hydrogen) atoms. The van der Waals surface area contributed by atoms with Gasteiger partial charge in [0.2, 0.25) is 0 Å². The van der Waals surface area contributed by atoms with E-state index in [9.17, 15) is 4.79 Å². The average molecular weight is 161 g/mol. The fourth-order valence-corrected chi connectivity index (χ4v) is 0.754. The zero-order valence-corrected chi connectivity index (χ0v) is 6.96. The molecule has 0 bridgehead atoms. The van der Waals surface area contributed by atoms with Gasteiger partial charge in [-0.3, -0.25) is 4.79 Å². The lowest BCUT2D eigenvalue weighted by Crippen LogP contribution is -2.25. The van der Waals surface area contributed by atoms with Gasteiger partial charge in [-0.05, 0) is 12.8 Å². The van der Waals surface area contributed by atoms with E-state index in [1.807, 2.05) is 6.92 Å². The van der Waals surface area contributed by atoms with Gasteiger partial charge in [-0.25, -0.2) is 5.48 Å². The van der Waals surface area contributed by atoms with E-state index in [0.29, 0.717) is 12.8 Å². The Morgan fingerprint density at radius 2 is 2.36 bits per heavy atom. The normalized spacial score (nSPS) is 12.6. The minimum Gasteiger partial charge on any atom is -0.469 e. The Kier molecular flexibility index (Phi) is 5.78. The first kappa shape index (κ1) is 10.4. The minimum absolute atomic E-state index is 0.00546. The van der Waals surface area contributed by atoms with Gasteiger partial charge in [-0.2, -0.15) is 0 Å². The highest BCUT2D eigenvalue weighted by molar-refractivity contribution is 5.69. The fourth-order valence-electron chi connectivity index (χ4n) is 0.754. The molecule has 0 unspecified atom stereocenters. The van der Waals surface area contributed by atoms with Gasteiger partial charge in [-0.1, -0.05) is 6.92 Å². The minimum atomic E-state index is -0.237. The van der Waals surface area contributed by atoms with Crippen molar-refractivity contribution >= 4 is 5.97 Å². The molecular formula is C7H15NO3. The van der Waals surface area contributed by atoms with Crippen LogP contribution in [0.4, 0.5) is 0 Å². The summed E-state index contributed by atoms with van der Waals surface area (Å²) in [5.74, 6) is -0.237. The van der Waals surface area contributed by atoms with E-state index in [4.69, 9.17) is 5.21 Å². The van der Waals surface area contributed by atoms with E-state index in [1.54, 1.807) is 0 Å². The first-order valence-electron chi connectivity index (χ1n) is 3.71. The van der Waals surface area contributed by atoms with Crippen LogP contribution >= 0.6 is 0 Å². The molecule has 0 amide bonds. The number of hydrogen-bond donors (Lipinski definition) is 2. The van der Waals surface area contributed by atoms with Crippen LogP contribution in [0.25, 0.3) is 0 Å². The molecule has 0 saturated heterocycles. The number of carbonyl (C=O) groups is 1. The van der Waals surface area contributed by atoms with Crippen LogP contribution in [0.15, 0.2) is 0 Å². The molecule has 0 aromatic carbocycles. The standard InChI is InChI=1S/C7H15NO3/c1-3-6(8-10)4-5-7(9)11-2/h6,8,10H,3-5H2,1-2H3/t6-/m1/s1. The Bertz CT molecular complexity index is 112. The molecule has 2 N–H and O–H groups in total. The third-order valence-electron chi connectivity index (χ3n) is 1.60. The number of hydrogen-bond acceptors (Lipinski definition) is 4. The summed E-state index contributed by atoms with van der Waals surface area (Å²) in [7, 11) is 1.36. The summed E-state index contributed by atoms with van der Waals surface area (Å²) >= 11 is 0. The number of esters is 1. The summed E-state index contributed by atoms with van der Waals surface area (Å²) in [6.45, 7) is 1.94. The molecule has 0 aliphatic rings. The van der Waals surface area contributed by atoms with E-state index >= 15 is 0 Å². The predicted octanol–water partition coefficient (Wildman–Crippen LogP) is 0.697. The smallest absolute Gasteiger partial charge is 0.305 e. The molecule has 0 heterocycles. The van der Waals surface area contributed by atoms with E-state index < -0.39 is 0 Å². The highest BCUT2D eigenvalue weighted by atomic mass is 16.5. The van der Waals surface area contributed by atoms with Crippen LogP contribution in [0.2, 0.25) is 0 Å². The molecule has 0 aliphatic carbocycles. The summed E-state index contributed by atoms with van der Waals surface area (Å²) in [5.41, 5.74) is 2.12. The maximum absolute atomic E-state index is 10.6. The molecule has 1 atom stereocenters. The molecule has 0 aromatic heterocycles. The van der Waals surface area contributed by atoms with Crippen molar-refractivity contribution in [3.63, 3.8) is 0 Å². The Hall–Kier alpha value is -0.610. The van der Waals surface area contributed by atoms with Gasteiger partial charge in [0.1, 0.15) is 0 Å². The molecule has 0 rings (SSSR count). The van der Waals surface area contributed by atoms with Crippen LogP contribution in [0.1, 0.15) is 26.2 Å². The summed E-state index contributed by atoms with van der Waals surface area (Å²) < 4.78 is 4.44. The monoisotopic (exact) mass is 161 g/mol. The summed E-state index contributed by atoms with van der Waals surface area (Å²) in [6.07, 6.45) is 1.76.